The maximum atomic E-state index is 13.6. The maximum absolute atomic E-state index is 13.6. The van der Waals surface area contributed by atoms with Crippen LogP contribution >= 0.6 is 11.8 Å². The van der Waals surface area contributed by atoms with Gasteiger partial charge in [0, 0.05) is 17.8 Å². The average molecular weight is 472 g/mol. The number of amides is 1. The number of carbonyl (C=O) groups excluding carboxylic acids is 1. The van der Waals surface area contributed by atoms with Gasteiger partial charge in [-0.2, -0.15) is 0 Å². The van der Waals surface area contributed by atoms with Crippen molar-refractivity contribution < 1.29 is 9.53 Å². The molecule has 4 aromatic rings. The lowest BCUT2D eigenvalue weighted by atomic mass is 10.1. The molecule has 0 spiro atoms. The number of anilines is 1. The third kappa shape index (κ3) is 3.86. The Morgan fingerprint density at radius 3 is 2.68 bits per heavy atom. The number of thioether (sulfide) groups is 1. The first-order valence-corrected chi connectivity index (χ1v) is 12.1. The molecule has 1 aliphatic rings. The number of ether oxygens (including phenoxy) is 1. The van der Waals surface area contributed by atoms with Gasteiger partial charge in [-0.15, -0.1) is 0 Å². The topological polar surface area (TPSA) is 64.4 Å². The molecule has 0 radical (unpaired) electrons. The van der Waals surface area contributed by atoms with Crippen molar-refractivity contribution in [2.24, 2.45) is 0 Å². The van der Waals surface area contributed by atoms with E-state index in [0.29, 0.717) is 27.5 Å². The number of fused-ring (bicyclic) bond motifs is 2. The van der Waals surface area contributed by atoms with Gasteiger partial charge in [-0.05, 0) is 56.2 Å². The normalized spacial score (nSPS) is 15.9. The van der Waals surface area contributed by atoms with Gasteiger partial charge in [0.1, 0.15) is 5.75 Å². The molecule has 5 rings (SSSR count). The van der Waals surface area contributed by atoms with E-state index in [-0.39, 0.29) is 17.5 Å². The van der Waals surface area contributed by atoms with E-state index in [1.807, 2.05) is 66.4 Å². The van der Waals surface area contributed by atoms with E-state index in [9.17, 15) is 9.59 Å². The summed E-state index contributed by atoms with van der Waals surface area (Å²) < 4.78 is 6.94. The highest BCUT2D eigenvalue weighted by molar-refractivity contribution is 8.00. The number of aromatic nitrogens is 2. The second-order valence-electron chi connectivity index (χ2n) is 8.40. The number of nitrogens with zero attached hydrogens (tertiary/aromatic N) is 3. The summed E-state index contributed by atoms with van der Waals surface area (Å²) in [6, 6.07) is 22.7. The number of rotatable bonds is 5. The monoisotopic (exact) mass is 471 g/mol. The zero-order chi connectivity index (χ0) is 23.8. The summed E-state index contributed by atoms with van der Waals surface area (Å²) in [5, 5.41) is 0.548. The summed E-state index contributed by atoms with van der Waals surface area (Å²) in [4.78, 5) is 33.8. The molecule has 2 heterocycles. The van der Waals surface area contributed by atoms with Crippen molar-refractivity contribution in [3.63, 3.8) is 0 Å². The van der Waals surface area contributed by atoms with E-state index in [1.54, 1.807) is 23.8 Å². The van der Waals surface area contributed by atoms with Gasteiger partial charge < -0.3 is 9.64 Å². The fourth-order valence-electron chi connectivity index (χ4n) is 4.47. The Balaban J connectivity index is 1.57. The van der Waals surface area contributed by atoms with Crippen molar-refractivity contribution in [3.8, 4) is 11.4 Å². The summed E-state index contributed by atoms with van der Waals surface area (Å²) in [6.45, 7) is 3.94. The highest BCUT2D eigenvalue weighted by atomic mass is 32.2. The Morgan fingerprint density at radius 2 is 1.85 bits per heavy atom. The summed E-state index contributed by atoms with van der Waals surface area (Å²) >= 11 is 1.30. The van der Waals surface area contributed by atoms with Crippen molar-refractivity contribution in [1.82, 2.24) is 9.55 Å². The van der Waals surface area contributed by atoms with E-state index in [1.165, 1.54) is 17.3 Å². The molecule has 7 heteroatoms. The second kappa shape index (κ2) is 8.99. The third-order valence-corrected chi connectivity index (χ3v) is 7.17. The van der Waals surface area contributed by atoms with Crippen LogP contribution in [0.4, 0.5) is 5.69 Å². The first kappa shape index (κ1) is 22.2. The molecule has 2 unspecified atom stereocenters. The molecular weight excluding hydrogens is 446 g/mol. The lowest BCUT2D eigenvalue weighted by Gasteiger charge is -2.26. The predicted molar refractivity (Wildman–Crippen MR) is 136 cm³/mol. The summed E-state index contributed by atoms with van der Waals surface area (Å²) in [5.74, 6) is 0.641. The van der Waals surface area contributed by atoms with E-state index in [2.05, 4.69) is 13.0 Å². The van der Waals surface area contributed by atoms with Crippen LogP contribution in [0.15, 0.2) is 82.7 Å². The molecule has 3 aromatic carbocycles. The zero-order valence-corrected chi connectivity index (χ0v) is 20.1. The van der Waals surface area contributed by atoms with Crippen LogP contribution in [-0.2, 0) is 11.2 Å². The molecule has 0 N–H and O–H groups in total. The van der Waals surface area contributed by atoms with E-state index >= 15 is 0 Å². The van der Waals surface area contributed by atoms with Crippen LogP contribution in [0, 0.1) is 0 Å². The van der Waals surface area contributed by atoms with Crippen molar-refractivity contribution >= 4 is 34.3 Å². The molecule has 172 valence electrons. The lowest BCUT2D eigenvalue weighted by Crippen LogP contribution is -2.40. The molecular formula is C27H25N3O3S. The van der Waals surface area contributed by atoms with Crippen LogP contribution < -0.4 is 15.2 Å². The van der Waals surface area contributed by atoms with Crippen molar-refractivity contribution in [3.05, 3.63) is 88.7 Å². The van der Waals surface area contributed by atoms with Crippen molar-refractivity contribution in [2.75, 3.05) is 12.0 Å². The molecule has 0 fully saturated rings. The minimum Gasteiger partial charge on any atom is -0.497 e. The van der Waals surface area contributed by atoms with Crippen LogP contribution in [0.2, 0.25) is 0 Å². The summed E-state index contributed by atoms with van der Waals surface area (Å²) in [7, 11) is 1.59. The molecule has 2 atom stereocenters. The minimum absolute atomic E-state index is 0.00190. The molecule has 1 aliphatic heterocycles. The van der Waals surface area contributed by atoms with Crippen molar-refractivity contribution in [1.29, 1.82) is 0 Å². The maximum Gasteiger partial charge on any atom is 0.266 e. The minimum atomic E-state index is -0.446. The Kier molecular flexibility index (Phi) is 5.87. The number of hydrogen-bond donors (Lipinski definition) is 0. The molecule has 0 aliphatic carbocycles. The van der Waals surface area contributed by atoms with E-state index < -0.39 is 5.25 Å². The highest BCUT2D eigenvalue weighted by Crippen LogP contribution is 2.35. The summed E-state index contributed by atoms with van der Waals surface area (Å²) in [5.41, 5.74) is 3.21. The van der Waals surface area contributed by atoms with Gasteiger partial charge in [0.05, 0.1) is 29.0 Å². The van der Waals surface area contributed by atoms with Gasteiger partial charge in [-0.25, -0.2) is 4.98 Å². The molecule has 0 saturated carbocycles. The standard InChI is InChI=1S/C27H25N3O3S/c1-17-15-19-9-4-7-14-24(19)29(17)25(31)18(2)34-27-28-23-13-6-5-12-22(23)26(32)30(27)20-10-8-11-21(16-20)33-3/h4-14,16-18H,15H2,1-3H3. The van der Waals surface area contributed by atoms with Crippen LogP contribution in [0.25, 0.3) is 16.6 Å². The van der Waals surface area contributed by atoms with Gasteiger partial charge in [0.2, 0.25) is 5.91 Å². The molecule has 1 amide bonds. The number of carbonyl (C=O) groups is 1. The lowest BCUT2D eigenvalue weighted by molar-refractivity contribution is -0.118. The predicted octanol–water partition coefficient (Wildman–Crippen LogP) is 4.85. The van der Waals surface area contributed by atoms with E-state index in [0.717, 1.165) is 12.1 Å². The largest absolute Gasteiger partial charge is 0.497 e. The average Bonchev–Trinajstić information content (AvgIpc) is 3.19. The van der Waals surface area contributed by atoms with Gasteiger partial charge in [0.15, 0.2) is 5.16 Å². The SMILES string of the molecule is COc1cccc(-n2c(SC(C)C(=O)N3c4ccccc4CC3C)nc3ccccc3c2=O)c1. The first-order chi connectivity index (χ1) is 16.5. The zero-order valence-electron chi connectivity index (χ0n) is 19.3. The molecule has 0 saturated heterocycles. The Bertz CT molecular complexity index is 1450. The Labute approximate surface area is 202 Å². The third-order valence-electron chi connectivity index (χ3n) is 6.13. The fourth-order valence-corrected chi connectivity index (χ4v) is 5.45. The highest BCUT2D eigenvalue weighted by Gasteiger charge is 2.34. The van der Waals surface area contributed by atoms with Crippen molar-refractivity contribution in [2.45, 2.75) is 36.7 Å². The fraction of sp³-hybridized carbons (Fsp3) is 0.222. The van der Waals surface area contributed by atoms with Crippen LogP contribution in [0.1, 0.15) is 19.4 Å². The smallest absolute Gasteiger partial charge is 0.266 e. The number of hydrogen-bond acceptors (Lipinski definition) is 5. The quantitative estimate of drug-likeness (QED) is 0.307. The van der Waals surface area contributed by atoms with E-state index in [4.69, 9.17) is 9.72 Å². The van der Waals surface area contributed by atoms with Gasteiger partial charge >= 0.3 is 0 Å². The van der Waals surface area contributed by atoms with Gasteiger partial charge in [-0.1, -0.05) is 48.2 Å². The molecule has 1 aromatic heterocycles. The number of para-hydroxylation sites is 2. The molecule has 6 nitrogen and oxygen atoms in total. The van der Waals surface area contributed by atoms with Crippen LogP contribution in [0.5, 0.6) is 5.75 Å². The first-order valence-electron chi connectivity index (χ1n) is 11.2. The number of benzene rings is 3. The van der Waals surface area contributed by atoms with Crippen LogP contribution in [0.3, 0.4) is 0 Å². The second-order valence-corrected chi connectivity index (χ2v) is 9.71. The number of methoxy groups -OCH3 is 1. The summed E-state index contributed by atoms with van der Waals surface area (Å²) in [6.07, 6.45) is 0.835. The van der Waals surface area contributed by atoms with Gasteiger partial charge in [-0.3, -0.25) is 14.2 Å². The molecule has 34 heavy (non-hydrogen) atoms. The Morgan fingerprint density at radius 1 is 1.09 bits per heavy atom. The Hall–Kier alpha value is -3.58. The molecule has 0 bridgehead atoms. The van der Waals surface area contributed by atoms with Crippen LogP contribution in [-0.4, -0.2) is 33.9 Å². The van der Waals surface area contributed by atoms with Gasteiger partial charge in [0.25, 0.3) is 5.56 Å².